The molecule has 0 saturated carbocycles. The van der Waals surface area contributed by atoms with Gasteiger partial charge < -0.3 is 15.0 Å². The van der Waals surface area contributed by atoms with E-state index in [0.717, 1.165) is 31.3 Å². The summed E-state index contributed by atoms with van der Waals surface area (Å²) in [5.74, 6) is 0. The molecule has 32 heavy (non-hydrogen) atoms. The summed E-state index contributed by atoms with van der Waals surface area (Å²) in [6.07, 6.45) is 4.31. The fraction of sp³-hybridized carbons (Fsp3) is 0.407. The summed E-state index contributed by atoms with van der Waals surface area (Å²) < 4.78 is 5.72. The Morgan fingerprint density at radius 1 is 1.09 bits per heavy atom. The number of hydrogen-bond acceptors (Lipinski definition) is 4. The number of hydrogen-bond donors (Lipinski definition) is 1. The van der Waals surface area contributed by atoms with E-state index in [1.807, 2.05) is 50.1 Å². The van der Waals surface area contributed by atoms with Gasteiger partial charge in [-0.2, -0.15) is 0 Å². The molecule has 2 unspecified atom stereocenters. The van der Waals surface area contributed by atoms with Crippen LogP contribution >= 0.6 is 0 Å². The molecule has 1 aliphatic heterocycles. The highest BCUT2D eigenvalue weighted by molar-refractivity contribution is 5.81. The van der Waals surface area contributed by atoms with Crippen LogP contribution in [0.5, 0.6) is 0 Å². The van der Waals surface area contributed by atoms with Crippen LogP contribution in [0.3, 0.4) is 0 Å². The van der Waals surface area contributed by atoms with Crippen LogP contribution in [0.4, 0.5) is 4.79 Å². The van der Waals surface area contributed by atoms with E-state index in [1.54, 1.807) is 0 Å². The number of rotatable bonds is 5. The van der Waals surface area contributed by atoms with Gasteiger partial charge in [0.15, 0.2) is 0 Å². The minimum atomic E-state index is -0.494. The van der Waals surface area contributed by atoms with E-state index in [-0.39, 0.29) is 12.1 Å². The number of ether oxygens (including phenoxy) is 1. The Kier molecular flexibility index (Phi) is 6.75. The van der Waals surface area contributed by atoms with Gasteiger partial charge in [0.2, 0.25) is 0 Å². The lowest BCUT2D eigenvalue weighted by Crippen LogP contribution is -2.52. The van der Waals surface area contributed by atoms with Crippen molar-refractivity contribution in [2.24, 2.45) is 0 Å². The van der Waals surface area contributed by atoms with Crippen molar-refractivity contribution in [2.45, 2.75) is 64.3 Å². The van der Waals surface area contributed by atoms with E-state index >= 15 is 0 Å². The van der Waals surface area contributed by atoms with E-state index < -0.39 is 5.60 Å². The Morgan fingerprint density at radius 3 is 2.62 bits per heavy atom. The van der Waals surface area contributed by atoms with Crippen molar-refractivity contribution < 1.29 is 9.53 Å². The van der Waals surface area contributed by atoms with E-state index in [1.165, 1.54) is 16.5 Å². The number of likely N-dealkylation sites (tertiary alicyclic amines) is 1. The Bertz CT molecular complexity index is 1040. The van der Waals surface area contributed by atoms with Crippen molar-refractivity contribution >= 4 is 17.0 Å². The molecule has 168 valence electrons. The topological polar surface area (TPSA) is 54.5 Å². The van der Waals surface area contributed by atoms with Crippen molar-refractivity contribution in [3.8, 4) is 0 Å². The Hall–Kier alpha value is -2.92. The number of aromatic nitrogens is 1. The summed E-state index contributed by atoms with van der Waals surface area (Å²) in [6.45, 7) is 7.25. The number of pyridine rings is 1. The Morgan fingerprint density at radius 2 is 1.84 bits per heavy atom. The van der Waals surface area contributed by atoms with Crippen LogP contribution in [0, 0.1) is 0 Å². The third kappa shape index (κ3) is 5.65. The molecule has 1 fully saturated rings. The highest BCUT2D eigenvalue weighted by Gasteiger charge is 2.34. The monoisotopic (exact) mass is 431 g/mol. The summed E-state index contributed by atoms with van der Waals surface area (Å²) in [4.78, 5) is 19.3. The zero-order valence-corrected chi connectivity index (χ0v) is 19.3. The minimum absolute atomic E-state index is 0.104. The van der Waals surface area contributed by atoms with Gasteiger partial charge in [-0.15, -0.1) is 0 Å². The van der Waals surface area contributed by atoms with Crippen molar-refractivity contribution in [3.63, 3.8) is 0 Å². The molecule has 4 rings (SSSR count). The van der Waals surface area contributed by atoms with Gasteiger partial charge in [0.1, 0.15) is 5.60 Å². The molecule has 1 N–H and O–H groups in total. The lowest BCUT2D eigenvalue weighted by Gasteiger charge is -2.40. The minimum Gasteiger partial charge on any atom is -0.444 e. The number of fused-ring (bicyclic) bond motifs is 1. The van der Waals surface area contributed by atoms with Crippen LogP contribution < -0.4 is 5.32 Å². The smallest absolute Gasteiger partial charge is 0.410 e. The van der Waals surface area contributed by atoms with E-state index in [9.17, 15) is 4.79 Å². The lowest BCUT2D eigenvalue weighted by molar-refractivity contribution is 0.00701. The maximum absolute atomic E-state index is 12.9. The van der Waals surface area contributed by atoms with Crippen LogP contribution in [0.2, 0.25) is 0 Å². The maximum Gasteiger partial charge on any atom is 0.410 e. The Labute approximate surface area is 190 Å². The van der Waals surface area contributed by atoms with Crippen molar-refractivity contribution in [3.05, 3.63) is 78.0 Å². The highest BCUT2D eigenvalue weighted by Crippen LogP contribution is 2.25. The van der Waals surface area contributed by atoms with Gasteiger partial charge in [0.05, 0.1) is 5.52 Å². The zero-order valence-electron chi connectivity index (χ0n) is 19.3. The molecule has 1 amide bonds. The summed E-state index contributed by atoms with van der Waals surface area (Å²) in [5, 5.41) is 4.94. The highest BCUT2D eigenvalue weighted by atomic mass is 16.6. The first kappa shape index (κ1) is 22.3. The van der Waals surface area contributed by atoms with Gasteiger partial charge in [-0.05, 0) is 63.3 Å². The van der Waals surface area contributed by atoms with Crippen LogP contribution in [-0.2, 0) is 17.7 Å². The van der Waals surface area contributed by atoms with Gasteiger partial charge in [-0.3, -0.25) is 4.98 Å². The quantitative estimate of drug-likeness (QED) is 0.593. The molecule has 1 saturated heterocycles. The number of nitrogens with zero attached hydrogens (tertiary/aromatic N) is 2. The zero-order chi connectivity index (χ0) is 22.6. The first-order valence-corrected chi connectivity index (χ1v) is 11.5. The van der Waals surface area contributed by atoms with Gasteiger partial charge >= 0.3 is 6.09 Å². The molecule has 0 radical (unpaired) electrons. The molecule has 5 heteroatoms. The number of benzene rings is 2. The normalized spacial score (nSPS) is 19.2. The molecule has 1 aliphatic rings. The van der Waals surface area contributed by atoms with Crippen molar-refractivity contribution in [1.29, 1.82) is 0 Å². The van der Waals surface area contributed by atoms with Gasteiger partial charge in [0.25, 0.3) is 0 Å². The molecule has 1 aromatic heterocycles. The Balaban J connectivity index is 1.46. The van der Waals surface area contributed by atoms with E-state index in [4.69, 9.17) is 4.74 Å². The summed E-state index contributed by atoms with van der Waals surface area (Å²) in [5.41, 5.74) is 3.02. The van der Waals surface area contributed by atoms with E-state index in [0.29, 0.717) is 12.6 Å². The standard InChI is InChI=1S/C27H33N3O2/c1-27(2,3)32-26(31)30-16-14-22(18-23(30)17-20-9-5-4-6-10-20)29-19-21-13-15-28-25-12-8-7-11-24(21)25/h4-13,15,22-23,29H,14,16-19H2,1-3H3. The molecular formula is C27H33N3O2. The average Bonchev–Trinajstić information content (AvgIpc) is 2.77. The van der Waals surface area contributed by atoms with Crippen LogP contribution in [0.1, 0.15) is 44.7 Å². The predicted octanol–water partition coefficient (Wildman–Crippen LogP) is 5.34. The summed E-state index contributed by atoms with van der Waals surface area (Å²) in [7, 11) is 0. The van der Waals surface area contributed by atoms with E-state index in [2.05, 4.69) is 52.8 Å². The van der Waals surface area contributed by atoms with Gasteiger partial charge in [-0.25, -0.2) is 4.79 Å². The molecular weight excluding hydrogens is 398 g/mol. The van der Waals surface area contributed by atoms with Crippen LogP contribution in [-0.4, -0.2) is 40.2 Å². The lowest BCUT2D eigenvalue weighted by atomic mass is 9.92. The first-order chi connectivity index (χ1) is 15.4. The molecule has 5 nitrogen and oxygen atoms in total. The van der Waals surface area contributed by atoms with Crippen LogP contribution in [0.25, 0.3) is 10.9 Å². The number of para-hydroxylation sites is 1. The molecule has 2 aromatic carbocycles. The molecule has 2 atom stereocenters. The third-order valence-electron chi connectivity index (χ3n) is 5.98. The molecule has 3 aromatic rings. The predicted molar refractivity (Wildman–Crippen MR) is 128 cm³/mol. The SMILES string of the molecule is CC(C)(C)OC(=O)N1CCC(NCc2ccnc3ccccc23)CC1Cc1ccccc1. The number of amides is 1. The second-order valence-corrected chi connectivity index (χ2v) is 9.61. The second kappa shape index (κ2) is 9.70. The molecule has 0 aliphatic carbocycles. The second-order valence-electron chi connectivity index (χ2n) is 9.61. The third-order valence-corrected chi connectivity index (χ3v) is 5.98. The van der Waals surface area contributed by atoms with Crippen molar-refractivity contribution in [2.75, 3.05) is 6.54 Å². The molecule has 0 spiro atoms. The largest absolute Gasteiger partial charge is 0.444 e. The number of piperidine rings is 1. The van der Waals surface area contributed by atoms with Crippen LogP contribution in [0.15, 0.2) is 66.9 Å². The molecule has 2 heterocycles. The van der Waals surface area contributed by atoms with Gasteiger partial charge in [0, 0.05) is 36.8 Å². The summed E-state index contributed by atoms with van der Waals surface area (Å²) in [6, 6.07) is 21.2. The maximum atomic E-state index is 12.9. The van der Waals surface area contributed by atoms with Gasteiger partial charge in [-0.1, -0.05) is 48.5 Å². The summed E-state index contributed by atoms with van der Waals surface area (Å²) >= 11 is 0. The first-order valence-electron chi connectivity index (χ1n) is 11.5. The fourth-order valence-corrected chi connectivity index (χ4v) is 4.44. The fourth-order valence-electron chi connectivity index (χ4n) is 4.44. The molecule has 0 bridgehead atoms. The average molecular weight is 432 g/mol. The number of carbonyl (C=O) groups excluding carboxylic acids is 1. The number of nitrogens with one attached hydrogen (secondary N) is 1. The number of carbonyl (C=O) groups is 1. The van der Waals surface area contributed by atoms with Crippen molar-refractivity contribution in [1.82, 2.24) is 15.2 Å².